The number of hydrogen-bond donors (Lipinski definition) is 3. The standard InChI is InChI=1S/C20H20ClF4N3O4/c21-13-2-1-12(5-14(13)22)32-6-15(29)26-19-7-18(8-19,9-19)17(31)28-27-16(30)10-3-11(4-10)20(23,24)25/h1-2,5,10-11H,3-4,6-9H2,(H,26,29)(H,27,30)(H,28,31)/t10-,11-,18?,19?. The lowest BCUT2D eigenvalue weighted by Crippen LogP contribution is -2.79. The van der Waals surface area contributed by atoms with Gasteiger partial charge in [0.15, 0.2) is 6.61 Å². The van der Waals surface area contributed by atoms with Gasteiger partial charge in [0, 0.05) is 17.5 Å². The number of amides is 3. The first-order valence-electron chi connectivity index (χ1n) is 9.97. The first-order chi connectivity index (χ1) is 14.9. The number of rotatable bonds is 6. The third-order valence-electron chi connectivity index (χ3n) is 6.45. The van der Waals surface area contributed by atoms with E-state index in [1.165, 1.54) is 12.1 Å². The molecule has 0 heterocycles. The van der Waals surface area contributed by atoms with Crippen LogP contribution >= 0.6 is 11.6 Å². The SMILES string of the molecule is O=C(COc1ccc(Cl)c(F)c1)NC12CC(C(=O)NNC(=O)[C@H]3C[C@H](C(F)(F)F)C3)(C1)C2. The Balaban J connectivity index is 1.15. The summed E-state index contributed by atoms with van der Waals surface area (Å²) >= 11 is 5.58. The second kappa shape index (κ2) is 7.79. The maximum absolute atomic E-state index is 13.4. The Kier molecular flexibility index (Phi) is 5.51. The minimum Gasteiger partial charge on any atom is -0.484 e. The number of carbonyl (C=O) groups is 3. The molecule has 4 fully saturated rings. The average molecular weight is 478 g/mol. The average Bonchev–Trinajstić information content (AvgIpc) is 2.60. The Morgan fingerprint density at radius 3 is 2.38 bits per heavy atom. The predicted octanol–water partition coefficient (Wildman–Crippen LogP) is 2.63. The molecule has 174 valence electrons. The molecule has 5 rings (SSSR count). The molecule has 0 aliphatic heterocycles. The fourth-order valence-electron chi connectivity index (χ4n) is 4.66. The van der Waals surface area contributed by atoms with Gasteiger partial charge in [-0.25, -0.2) is 4.39 Å². The molecule has 3 amide bonds. The van der Waals surface area contributed by atoms with Crippen molar-refractivity contribution < 1.29 is 36.7 Å². The van der Waals surface area contributed by atoms with Gasteiger partial charge in [0.2, 0.25) is 11.8 Å². The molecule has 3 N–H and O–H groups in total. The Morgan fingerprint density at radius 1 is 1.12 bits per heavy atom. The lowest BCUT2D eigenvalue weighted by Gasteiger charge is -2.68. The second-order valence-corrected chi connectivity index (χ2v) is 9.26. The van der Waals surface area contributed by atoms with Crippen molar-refractivity contribution >= 4 is 29.3 Å². The number of hydrogen-bond acceptors (Lipinski definition) is 4. The van der Waals surface area contributed by atoms with Crippen molar-refractivity contribution in [2.75, 3.05) is 6.61 Å². The molecule has 0 radical (unpaired) electrons. The van der Waals surface area contributed by atoms with Crippen LogP contribution < -0.4 is 20.9 Å². The van der Waals surface area contributed by atoms with E-state index in [9.17, 15) is 31.9 Å². The number of alkyl halides is 3. The minimum absolute atomic E-state index is 0.0615. The third kappa shape index (κ3) is 4.22. The molecule has 32 heavy (non-hydrogen) atoms. The Bertz CT molecular complexity index is 945. The molecule has 1 aromatic rings. The maximum atomic E-state index is 13.4. The normalized spacial score (nSPS) is 30.2. The van der Waals surface area contributed by atoms with Gasteiger partial charge in [0.1, 0.15) is 11.6 Å². The highest BCUT2D eigenvalue weighted by molar-refractivity contribution is 6.30. The van der Waals surface area contributed by atoms with Crippen LogP contribution in [0.25, 0.3) is 0 Å². The summed E-state index contributed by atoms with van der Waals surface area (Å²) in [7, 11) is 0. The van der Waals surface area contributed by atoms with Crippen LogP contribution in [0.4, 0.5) is 17.6 Å². The molecular formula is C20H20ClF4N3O4. The largest absolute Gasteiger partial charge is 0.484 e. The van der Waals surface area contributed by atoms with E-state index in [4.69, 9.17) is 16.3 Å². The van der Waals surface area contributed by atoms with Crippen LogP contribution in [0.3, 0.4) is 0 Å². The molecular weight excluding hydrogens is 458 g/mol. The zero-order chi connectivity index (χ0) is 23.3. The summed E-state index contributed by atoms with van der Waals surface area (Å²) in [6.45, 7) is -0.335. The summed E-state index contributed by atoms with van der Waals surface area (Å²) in [6, 6.07) is 3.81. The summed E-state index contributed by atoms with van der Waals surface area (Å²) in [5.74, 6) is -4.24. The number of benzene rings is 1. The molecule has 0 aromatic heterocycles. The predicted molar refractivity (Wildman–Crippen MR) is 103 cm³/mol. The Morgan fingerprint density at radius 2 is 1.78 bits per heavy atom. The molecule has 2 bridgehead atoms. The highest BCUT2D eigenvalue weighted by Gasteiger charge is 2.72. The van der Waals surface area contributed by atoms with Gasteiger partial charge in [-0.2, -0.15) is 13.2 Å². The Hall–Kier alpha value is -2.56. The van der Waals surface area contributed by atoms with Crippen molar-refractivity contribution in [3.63, 3.8) is 0 Å². The van der Waals surface area contributed by atoms with Gasteiger partial charge < -0.3 is 10.1 Å². The van der Waals surface area contributed by atoms with Crippen molar-refractivity contribution in [1.82, 2.24) is 16.2 Å². The van der Waals surface area contributed by atoms with Gasteiger partial charge in [0.25, 0.3) is 5.91 Å². The van der Waals surface area contributed by atoms with Gasteiger partial charge in [-0.3, -0.25) is 25.2 Å². The first-order valence-corrected chi connectivity index (χ1v) is 10.4. The van der Waals surface area contributed by atoms with Gasteiger partial charge >= 0.3 is 6.18 Å². The van der Waals surface area contributed by atoms with Crippen LogP contribution in [0.15, 0.2) is 18.2 Å². The van der Waals surface area contributed by atoms with Gasteiger partial charge in [-0.05, 0) is 44.2 Å². The van der Waals surface area contributed by atoms with Crippen molar-refractivity contribution in [3.05, 3.63) is 29.0 Å². The van der Waals surface area contributed by atoms with E-state index in [0.29, 0.717) is 19.3 Å². The van der Waals surface area contributed by atoms with Crippen molar-refractivity contribution in [2.24, 2.45) is 17.3 Å². The molecule has 7 nitrogen and oxygen atoms in total. The molecule has 4 aliphatic rings. The molecule has 0 spiro atoms. The van der Waals surface area contributed by atoms with Crippen molar-refractivity contribution in [1.29, 1.82) is 0 Å². The van der Waals surface area contributed by atoms with Gasteiger partial charge in [0.05, 0.1) is 16.4 Å². The fourth-order valence-corrected chi connectivity index (χ4v) is 4.78. The number of carbonyl (C=O) groups excluding carboxylic acids is 3. The van der Waals surface area contributed by atoms with Crippen LogP contribution in [0.2, 0.25) is 5.02 Å². The van der Waals surface area contributed by atoms with E-state index in [1.54, 1.807) is 0 Å². The highest BCUT2D eigenvalue weighted by atomic mass is 35.5. The summed E-state index contributed by atoms with van der Waals surface area (Å²) in [6.07, 6.45) is -3.74. The number of ether oxygens (including phenoxy) is 1. The quantitative estimate of drug-likeness (QED) is 0.433. The maximum Gasteiger partial charge on any atom is 0.391 e. The minimum atomic E-state index is -4.30. The summed E-state index contributed by atoms with van der Waals surface area (Å²) in [5, 5.41) is 2.74. The van der Waals surface area contributed by atoms with Crippen molar-refractivity contribution in [2.45, 2.75) is 43.8 Å². The number of hydrazine groups is 1. The first kappa shape index (κ1) is 22.6. The lowest BCUT2D eigenvalue weighted by atomic mass is 9.39. The van der Waals surface area contributed by atoms with Crippen LogP contribution in [0, 0.1) is 23.1 Å². The van der Waals surface area contributed by atoms with E-state index in [-0.39, 0.29) is 30.2 Å². The van der Waals surface area contributed by atoms with E-state index in [2.05, 4.69) is 16.2 Å². The number of nitrogens with one attached hydrogen (secondary N) is 3. The van der Waals surface area contributed by atoms with Gasteiger partial charge in [-0.15, -0.1) is 0 Å². The molecule has 0 atom stereocenters. The van der Waals surface area contributed by atoms with Crippen LogP contribution in [0.5, 0.6) is 5.75 Å². The third-order valence-corrected chi connectivity index (χ3v) is 6.76. The van der Waals surface area contributed by atoms with Crippen molar-refractivity contribution in [3.8, 4) is 5.75 Å². The van der Waals surface area contributed by atoms with E-state index in [0.717, 1.165) is 6.07 Å². The highest BCUT2D eigenvalue weighted by Crippen LogP contribution is 2.67. The summed E-state index contributed by atoms with van der Waals surface area (Å²) < 4.78 is 56.1. The van der Waals surface area contributed by atoms with Crippen LogP contribution in [0.1, 0.15) is 32.1 Å². The Labute approximate surface area is 185 Å². The second-order valence-electron chi connectivity index (χ2n) is 8.85. The summed E-state index contributed by atoms with van der Waals surface area (Å²) in [4.78, 5) is 36.3. The summed E-state index contributed by atoms with van der Waals surface area (Å²) in [5.41, 5.74) is 3.25. The zero-order valence-corrected chi connectivity index (χ0v) is 17.4. The van der Waals surface area contributed by atoms with E-state index in [1.807, 2.05) is 0 Å². The molecule has 0 saturated heterocycles. The van der Waals surface area contributed by atoms with Gasteiger partial charge in [-0.1, -0.05) is 11.6 Å². The monoisotopic (exact) mass is 477 g/mol. The van der Waals surface area contributed by atoms with E-state index < -0.39 is 52.5 Å². The van der Waals surface area contributed by atoms with E-state index >= 15 is 0 Å². The molecule has 4 saturated carbocycles. The van der Waals surface area contributed by atoms with Crippen LogP contribution in [-0.4, -0.2) is 36.0 Å². The molecule has 4 aliphatic carbocycles. The zero-order valence-electron chi connectivity index (χ0n) is 16.7. The molecule has 12 heteroatoms. The fraction of sp³-hybridized carbons (Fsp3) is 0.550. The topological polar surface area (TPSA) is 96.5 Å². The smallest absolute Gasteiger partial charge is 0.391 e. The molecule has 0 unspecified atom stereocenters. The van der Waals surface area contributed by atoms with Crippen LogP contribution in [-0.2, 0) is 14.4 Å². The lowest BCUT2D eigenvalue weighted by molar-refractivity contribution is -0.205. The number of halogens is 5. The molecule has 1 aromatic carbocycles.